The molecule has 1 aliphatic rings. The highest BCUT2D eigenvalue weighted by molar-refractivity contribution is 4.91. The highest BCUT2D eigenvalue weighted by atomic mass is 15.2. The average molecular weight is 250 g/mol. The molecule has 0 aromatic carbocycles. The van der Waals surface area contributed by atoms with Crippen molar-refractivity contribution in [1.29, 1.82) is 0 Å². The smallest absolute Gasteiger partial charge is 0.122 e. The van der Waals surface area contributed by atoms with Crippen molar-refractivity contribution in [1.82, 2.24) is 19.8 Å². The zero-order chi connectivity index (χ0) is 12.8. The van der Waals surface area contributed by atoms with E-state index in [2.05, 4.69) is 33.6 Å². The second-order valence-corrected chi connectivity index (χ2v) is 5.21. The largest absolute Gasteiger partial charge is 0.334 e. The van der Waals surface area contributed by atoms with Crippen molar-refractivity contribution in [3.05, 3.63) is 18.2 Å². The Kier molecular flexibility index (Phi) is 5.20. The molecule has 1 aromatic rings. The quantitative estimate of drug-likeness (QED) is 0.836. The summed E-state index contributed by atoms with van der Waals surface area (Å²) >= 11 is 0. The second-order valence-electron chi connectivity index (χ2n) is 5.21. The average Bonchev–Trinajstić information content (AvgIpc) is 2.87. The fourth-order valence-electron chi connectivity index (χ4n) is 2.68. The van der Waals surface area contributed by atoms with E-state index in [0.29, 0.717) is 6.04 Å². The number of imidazole rings is 1. The first kappa shape index (κ1) is 13.6. The Balaban J connectivity index is 1.71. The highest BCUT2D eigenvalue weighted by Gasteiger charge is 2.16. The van der Waals surface area contributed by atoms with Gasteiger partial charge in [-0.3, -0.25) is 4.90 Å². The molecule has 4 nitrogen and oxygen atoms in total. The summed E-state index contributed by atoms with van der Waals surface area (Å²) in [4.78, 5) is 6.98. The Morgan fingerprint density at radius 2 is 2.11 bits per heavy atom. The number of aromatic nitrogens is 2. The number of likely N-dealkylation sites (tertiary alicyclic amines) is 1. The van der Waals surface area contributed by atoms with Crippen LogP contribution in [0.25, 0.3) is 0 Å². The first-order valence-electron chi connectivity index (χ1n) is 7.26. The molecule has 1 atom stereocenters. The van der Waals surface area contributed by atoms with E-state index in [0.717, 1.165) is 25.5 Å². The van der Waals surface area contributed by atoms with Crippen molar-refractivity contribution >= 4 is 0 Å². The first-order chi connectivity index (χ1) is 8.81. The number of hydrogen-bond donors (Lipinski definition) is 1. The number of nitrogens with zero attached hydrogens (tertiary/aromatic N) is 3. The third-order valence-corrected chi connectivity index (χ3v) is 3.88. The molecule has 0 bridgehead atoms. The standard InChI is InChI=1S/C14H26N4/c1-3-17-10-7-16-14(17)12-15-11-13(2)18-8-5-4-6-9-18/h7,10,13,15H,3-6,8-9,11-12H2,1-2H3. The molecule has 1 N–H and O–H groups in total. The minimum absolute atomic E-state index is 0.635. The van der Waals surface area contributed by atoms with Crippen LogP contribution in [0.5, 0.6) is 0 Å². The summed E-state index contributed by atoms with van der Waals surface area (Å²) in [7, 11) is 0. The fourth-order valence-corrected chi connectivity index (χ4v) is 2.68. The van der Waals surface area contributed by atoms with Crippen LogP contribution in [0.3, 0.4) is 0 Å². The van der Waals surface area contributed by atoms with Gasteiger partial charge in [-0.1, -0.05) is 6.42 Å². The topological polar surface area (TPSA) is 33.1 Å². The lowest BCUT2D eigenvalue weighted by molar-refractivity contribution is 0.170. The fraction of sp³-hybridized carbons (Fsp3) is 0.786. The van der Waals surface area contributed by atoms with Gasteiger partial charge in [-0.15, -0.1) is 0 Å². The van der Waals surface area contributed by atoms with E-state index in [-0.39, 0.29) is 0 Å². The molecule has 4 heteroatoms. The van der Waals surface area contributed by atoms with Crippen molar-refractivity contribution in [3.63, 3.8) is 0 Å². The van der Waals surface area contributed by atoms with Crippen LogP contribution < -0.4 is 5.32 Å². The molecule has 0 radical (unpaired) electrons. The van der Waals surface area contributed by atoms with Gasteiger partial charge in [0.15, 0.2) is 0 Å². The summed E-state index contributed by atoms with van der Waals surface area (Å²) in [5.41, 5.74) is 0. The monoisotopic (exact) mass is 250 g/mol. The first-order valence-corrected chi connectivity index (χ1v) is 7.26. The van der Waals surface area contributed by atoms with Gasteiger partial charge in [0.2, 0.25) is 0 Å². The molecule has 18 heavy (non-hydrogen) atoms. The van der Waals surface area contributed by atoms with Crippen molar-refractivity contribution in [2.45, 2.75) is 52.2 Å². The van der Waals surface area contributed by atoms with Crippen LogP contribution >= 0.6 is 0 Å². The predicted octanol–water partition coefficient (Wildman–Crippen LogP) is 1.87. The minimum Gasteiger partial charge on any atom is -0.334 e. The molecule has 1 unspecified atom stereocenters. The Morgan fingerprint density at radius 3 is 2.83 bits per heavy atom. The van der Waals surface area contributed by atoms with Crippen LogP contribution in [-0.2, 0) is 13.1 Å². The third-order valence-electron chi connectivity index (χ3n) is 3.88. The molecule has 102 valence electrons. The summed E-state index contributed by atoms with van der Waals surface area (Å²) in [6, 6.07) is 0.635. The molecule has 1 saturated heterocycles. The normalized spacial score (nSPS) is 19.0. The Bertz CT molecular complexity index is 341. The number of piperidine rings is 1. The summed E-state index contributed by atoms with van der Waals surface area (Å²) in [5, 5.41) is 3.53. The van der Waals surface area contributed by atoms with E-state index in [4.69, 9.17) is 0 Å². The lowest BCUT2D eigenvalue weighted by Gasteiger charge is -2.32. The van der Waals surface area contributed by atoms with Gasteiger partial charge in [0, 0.05) is 31.5 Å². The van der Waals surface area contributed by atoms with Crippen LogP contribution in [0.15, 0.2) is 12.4 Å². The Morgan fingerprint density at radius 1 is 1.33 bits per heavy atom. The van der Waals surface area contributed by atoms with E-state index in [1.165, 1.54) is 32.4 Å². The van der Waals surface area contributed by atoms with Gasteiger partial charge >= 0.3 is 0 Å². The lowest BCUT2D eigenvalue weighted by atomic mass is 10.1. The minimum atomic E-state index is 0.635. The Labute approximate surface area is 110 Å². The molecule has 2 heterocycles. The second kappa shape index (κ2) is 6.90. The SMILES string of the molecule is CCn1ccnc1CNCC(C)N1CCCCC1. The maximum Gasteiger partial charge on any atom is 0.122 e. The van der Waals surface area contributed by atoms with Crippen LogP contribution in [0.1, 0.15) is 38.9 Å². The summed E-state index contributed by atoms with van der Waals surface area (Å²) in [6.45, 7) is 9.94. The molecular formula is C14H26N4. The molecule has 0 saturated carbocycles. The van der Waals surface area contributed by atoms with Crippen molar-refractivity contribution in [3.8, 4) is 0 Å². The summed E-state index contributed by atoms with van der Waals surface area (Å²) in [6.07, 6.45) is 8.07. The van der Waals surface area contributed by atoms with Gasteiger partial charge < -0.3 is 9.88 Å². The summed E-state index contributed by atoms with van der Waals surface area (Å²) < 4.78 is 2.19. The lowest BCUT2D eigenvalue weighted by Crippen LogP contribution is -2.43. The maximum absolute atomic E-state index is 4.38. The van der Waals surface area contributed by atoms with Gasteiger partial charge in [-0.25, -0.2) is 4.98 Å². The van der Waals surface area contributed by atoms with E-state index >= 15 is 0 Å². The highest BCUT2D eigenvalue weighted by Crippen LogP contribution is 2.11. The molecule has 0 spiro atoms. The molecule has 1 aromatic heterocycles. The van der Waals surface area contributed by atoms with Crippen LogP contribution in [0.4, 0.5) is 0 Å². The molecule has 2 rings (SSSR count). The number of hydrogen-bond acceptors (Lipinski definition) is 3. The maximum atomic E-state index is 4.38. The molecule has 1 aliphatic heterocycles. The van der Waals surface area contributed by atoms with Crippen molar-refractivity contribution < 1.29 is 0 Å². The van der Waals surface area contributed by atoms with Crippen molar-refractivity contribution in [2.75, 3.05) is 19.6 Å². The molecular weight excluding hydrogens is 224 g/mol. The van der Waals surface area contributed by atoms with Crippen LogP contribution in [-0.4, -0.2) is 40.1 Å². The van der Waals surface area contributed by atoms with E-state index in [9.17, 15) is 0 Å². The van der Waals surface area contributed by atoms with Crippen LogP contribution in [0.2, 0.25) is 0 Å². The number of nitrogens with one attached hydrogen (secondary N) is 1. The van der Waals surface area contributed by atoms with E-state index in [1.54, 1.807) is 0 Å². The van der Waals surface area contributed by atoms with E-state index in [1.807, 2.05) is 12.4 Å². The number of rotatable bonds is 6. The van der Waals surface area contributed by atoms with Crippen molar-refractivity contribution in [2.24, 2.45) is 0 Å². The van der Waals surface area contributed by atoms with Gasteiger partial charge in [-0.05, 0) is 39.8 Å². The Hall–Kier alpha value is -0.870. The number of aryl methyl sites for hydroxylation is 1. The van der Waals surface area contributed by atoms with Gasteiger partial charge in [-0.2, -0.15) is 0 Å². The predicted molar refractivity (Wildman–Crippen MR) is 74.5 cm³/mol. The zero-order valence-corrected chi connectivity index (χ0v) is 11.7. The zero-order valence-electron chi connectivity index (χ0n) is 11.7. The molecule has 0 aliphatic carbocycles. The molecule has 1 fully saturated rings. The summed E-state index contributed by atoms with van der Waals surface area (Å²) in [5.74, 6) is 1.14. The van der Waals surface area contributed by atoms with Crippen LogP contribution in [0, 0.1) is 0 Å². The van der Waals surface area contributed by atoms with Gasteiger partial charge in [0.25, 0.3) is 0 Å². The third kappa shape index (κ3) is 3.56. The molecule has 0 amide bonds. The van der Waals surface area contributed by atoms with Gasteiger partial charge in [0.1, 0.15) is 5.82 Å². The van der Waals surface area contributed by atoms with Gasteiger partial charge in [0.05, 0.1) is 6.54 Å². The van der Waals surface area contributed by atoms with E-state index < -0.39 is 0 Å².